The third kappa shape index (κ3) is 34.3. The molecule has 2 atom stereocenters. The number of hydrogen-bond donors (Lipinski definition) is 1. The minimum Gasteiger partial charge on any atom is -0.477 e. The molecule has 0 saturated carbocycles. The number of likely N-dealkylation sites (N-methyl/N-ethyl adjacent to an activating group) is 1. The summed E-state index contributed by atoms with van der Waals surface area (Å²) in [5, 5.41) is 9.60. The van der Waals surface area contributed by atoms with Crippen LogP contribution in [0.4, 0.5) is 0 Å². The Labute approximate surface area is 329 Å². The number of aliphatic carboxylic acids is 1. The number of carboxylic acid groups (broad SMARTS) is 1. The quantitative estimate of drug-likeness (QED) is 0.0226. The molecule has 0 aliphatic rings. The summed E-state index contributed by atoms with van der Waals surface area (Å²) < 4.78 is 17.1. The highest BCUT2D eigenvalue weighted by molar-refractivity contribution is 5.72. The van der Waals surface area contributed by atoms with Gasteiger partial charge < -0.3 is 23.8 Å². The van der Waals surface area contributed by atoms with Crippen LogP contribution in [0.15, 0.2) is 85.1 Å². The Morgan fingerprint density at radius 3 is 1.74 bits per heavy atom. The number of esters is 2. The van der Waals surface area contributed by atoms with Gasteiger partial charge >= 0.3 is 17.9 Å². The van der Waals surface area contributed by atoms with Gasteiger partial charge in [0.25, 0.3) is 0 Å². The van der Waals surface area contributed by atoms with Crippen LogP contribution in [-0.4, -0.2) is 80.6 Å². The molecule has 54 heavy (non-hydrogen) atoms. The van der Waals surface area contributed by atoms with E-state index in [1.165, 1.54) is 25.7 Å². The van der Waals surface area contributed by atoms with E-state index in [-0.39, 0.29) is 49.1 Å². The van der Waals surface area contributed by atoms with Crippen LogP contribution >= 0.6 is 0 Å². The monoisotopic (exact) mass is 755 g/mol. The predicted octanol–water partition coefficient (Wildman–Crippen LogP) is 11.0. The van der Waals surface area contributed by atoms with E-state index < -0.39 is 18.1 Å². The first kappa shape index (κ1) is 50.5. The highest BCUT2D eigenvalue weighted by Crippen LogP contribution is 2.12. The second-order valence-corrected chi connectivity index (χ2v) is 14.6. The van der Waals surface area contributed by atoms with Crippen LogP contribution in [0, 0.1) is 0 Å². The van der Waals surface area contributed by atoms with Gasteiger partial charge in [-0.1, -0.05) is 131 Å². The van der Waals surface area contributed by atoms with Crippen LogP contribution in [0.3, 0.4) is 0 Å². The average molecular weight is 755 g/mol. The van der Waals surface area contributed by atoms with Gasteiger partial charge in [-0.25, -0.2) is 4.79 Å². The summed E-state index contributed by atoms with van der Waals surface area (Å²) in [4.78, 5) is 36.9. The maximum atomic E-state index is 12.7. The van der Waals surface area contributed by atoms with Gasteiger partial charge in [-0.15, -0.1) is 0 Å². The van der Waals surface area contributed by atoms with Gasteiger partial charge in [0.1, 0.15) is 6.61 Å². The lowest BCUT2D eigenvalue weighted by atomic mass is 10.1. The first-order valence-electron chi connectivity index (χ1n) is 20.7. The van der Waals surface area contributed by atoms with Gasteiger partial charge in [0.15, 0.2) is 12.1 Å². The molecule has 1 N–H and O–H groups in total. The maximum Gasteiger partial charge on any atom is 0.362 e. The lowest BCUT2D eigenvalue weighted by molar-refractivity contribution is -0.887. The van der Waals surface area contributed by atoms with Crippen LogP contribution in [0.2, 0.25) is 0 Å². The summed E-state index contributed by atoms with van der Waals surface area (Å²) >= 11 is 0. The van der Waals surface area contributed by atoms with E-state index in [9.17, 15) is 19.5 Å². The molecule has 0 aliphatic heterocycles. The fraction of sp³-hybridized carbons (Fsp3) is 0.630. The van der Waals surface area contributed by atoms with Crippen molar-refractivity contribution >= 4 is 17.9 Å². The lowest BCUT2D eigenvalue weighted by Gasteiger charge is -2.31. The summed E-state index contributed by atoms with van der Waals surface area (Å²) in [6.07, 6.45) is 46.3. The van der Waals surface area contributed by atoms with Gasteiger partial charge in [0.2, 0.25) is 0 Å². The molecule has 8 nitrogen and oxygen atoms in total. The van der Waals surface area contributed by atoms with Crippen LogP contribution in [0.1, 0.15) is 136 Å². The molecule has 306 valence electrons. The average Bonchev–Trinajstić information content (AvgIpc) is 3.12. The Balaban J connectivity index is 4.52. The molecule has 0 amide bonds. The highest BCUT2D eigenvalue weighted by Gasteiger charge is 2.31. The van der Waals surface area contributed by atoms with E-state index in [4.69, 9.17) is 14.2 Å². The van der Waals surface area contributed by atoms with E-state index in [1.54, 1.807) is 0 Å². The van der Waals surface area contributed by atoms with Gasteiger partial charge in [0.05, 0.1) is 34.4 Å². The zero-order valence-corrected chi connectivity index (χ0v) is 34.6. The minimum absolute atomic E-state index is 0.0301. The van der Waals surface area contributed by atoms with Crippen LogP contribution < -0.4 is 0 Å². The summed E-state index contributed by atoms with van der Waals surface area (Å²) in [6, 6.07) is -0.630. The van der Waals surface area contributed by atoms with Crippen molar-refractivity contribution in [2.75, 3.05) is 41.0 Å². The summed E-state index contributed by atoms with van der Waals surface area (Å²) in [5.41, 5.74) is 0. The summed E-state index contributed by atoms with van der Waals surface area (Å²) in [5.74, 6) is -1.58. The second kappa shape index (κ2) is 36.5. The standard InChI is InChI=1S/C46H75NO7/c1-6-8-10-12-14-16-18-20-21-22-23-25-26-28-30-32-34-36-44(48)53-41-42(40-52-39-38-43(46(50)51)47(3,4)5)54-45(49)37-35-33-31-29-27-24-19-17-15-13-11-9-7-2/h9,11,13-17,19-21,23,25,28,30,42-43H,6-8,10,12,18,22,24,26-27,29,31-41H2,1-5H3/p+1/b11-9+,15-13+,16-14+,19-17+,21-20+,25-23+,30-28+. The van der Waals surface area contributed by atoms with Crippen molar-refractivity contribution in [2.24, 2.45) is 0 Å². The van der Waals surface area contributed by atoms with Crippen molar-refractivity contribution in [2.45, 2.75) is 148 Å². The molecule has 0 rings (SSSR count). The Bertz CT molecular complexity index is 1160. The Kier molecular flexibility index (Phi) is 34.1. The zero-order valence-electron chi connectivity index (χ0n) is 34.6. The molecule has 8 heteroatoms. The fourth-order valence-electron chi connectivity index (χ4n) is 5.38. The molecule has 0 aromatic heterocycles. The number of nitrogens with zero attached hydrogens (tertiary/aromatic N) is 1. The molecule has 0 aromatic carbocycles. The molecule has 0 bridgehead atoms. The number of quaternary nitrogens is 1. The number of hydrogen-bond acceptors (Lipinski definition) is 6. The third-order valence-corrected chi connectivity index (χ3v) is 8.59. The molecule has 0 aromatic rings. The van der Waals surface area contributed by atoms with Crippen molar-refractivity contribution < 1.29 is 38.2 Å². The number of allylic oxidation sites excluding steroid dienone is 14. The zero-order chi connectivity index (χ0) is 40.0. The maximum absolute atomic E-state index is 12.7. The van der Waals surface area contributed by atoms with E-state index in [0.717, 1.165) is 70.6 Å². The molecule has 0 fully saturated rings. The fourth-order valence-corrected chi connectivity index (χ4v) is 5.38. The largest absolute Gasteiger partial charge is 0.477 e. The molecule has 0 aliphatic carbocycles. The number of ether oxygens (including phenoxy) is 3. The minimum atomic E-state index is -0.891. The number of carbonyl (C=O) groups excluding carboxylic acids is 2. The molecule has 0 saturated heterocycles. The predicted molar refractivity (Wildman–Crippen MR) is 224 cm³/mol. The number of unbranched alkanes of at least 4 members (excludes halogenated alkanes) is 9. The molecule has 2 unspecified atom stereocenters. The SMILES string of the molecule is CC/C=C/C=C/C=C/CCCCCCCC(=O)OC(COCCC(C(=O)O)[N+](C)(C)C)COC(=O)CCC/C=C/C/C=C/C/C=C/C/C=C/CCCCC. The van der Waals surface area contributed by atoms with Crippen molar-refractivity contribution in [3.05, 3.63) is 85.1 Å². The molecular formula is C46H76NO7+. The topological polar surface area (TPSA) is 99.1 Å². The molecule has 0 spiro atoms. The molecular weight excluding hydrogens is 679 g/mol. The van der Waals surface area contributed by atoms with Gasteiger partial charge in [-0.05, 0) is 70.6 Å². The van der Waals surface area contributed by atoms with Gasteiger partial charge in [0, 0.05) is 19.3 Å². The summed E-state index contributed by atoms with van der Waals surface area (Å²) in [7, 11) is 5.48. The first-order valence-corrected chi connectivity index (χ1v) is 20.7. The Morgan fingerprint density at radius 1 is 0.593 bits per heavy atom. The van der Waals surface area contributed by atoms with Crippen molar-refractivity contribution in [3.8, 4) is 0 Å². The molecule has 0 radical (unpaired) electrons. The third-order valence-electron chi connectivity index (χ3n) is 8.59. The van der Waals surface area contributed by atoms with E-state index in [0.29, 0.717) is 12.8 Å². The first-order chi connectivity index (χ1) is 26.1. The number of carboxylic acids is 1. The highest BCUT2D eigenvalue weighted by atomic mass is 16.6. The Morgan fingerprint density at radius 2 is 1.13 bits per heavy atom. The van der Waals surface area contributed by atoms with Crippen LogP contribution in [0.5, 0.6) is 0 Å². The van der Waals surface area contributed by atoms with Crippen molar-refractivity contribution in [1.82, 2.24) is 0 Å². The Hall–Kier alpha value is -3.49. The lowest BCUT2D eigenvalue weighted by Crippen LogP contribution is -2.50. The molecule has 0 heterocycles. The van der Waals surface area contributed by atoms with E-state index in [1.807, 2.05) is 33.3 Å². The number of carbonyl (C=O) groups is 3. The van der Waals surface area contributed by atoms with E-state index >= 15 is 0 Å². The summed E-state index contributed by atoms with van der Waals surface area (Å²) in [6.45, 7) is 4.46. The van der Waals surface area contributed by atoms with Crippen LogP contribution in [0.25, 0.3) is 0 Å². The second-order valence-electron chi connectivity index (χ2n) is 14.6. The smallest absolute Gasteiger partial charge is 0.362 e. The van der Waals surface area contributed by atoms with Crippen LogP contribution in [-0.2, 0) is 28.6 Å². The van der Waals surface area contributed by atoms with Gasteiger partial charge in [-0.2, -0.15) is 0 Å². The van der Waals surface area contributed by atoms with Crippen molar-refractivity contribution in [3.63, 3.8) is 0 Å². The number of rotatable bonds is 35. The van der Waals surface area contributed by atoms with Crippen molar-refractivity contribution in [1.29, 1.82) is 0 Å². The normalized spacial score (nSPS) is 13.9. The van der Waals surface area contributed by atoms with Gasteiger partial charge in [-0.3, -0.25) is 9.59 Å². The van der Waals surface area contributed by atoms with E-state index in [2.05, 4.69) is 86.8 Å².